The predicted molar refractivity (Wildman–Crippen MR) is 52.9 cm³/mol. The molecule has 1 aromatic rings. The van der Waals surface area contributed by atoms with Crippen LogP contribution < -0.4 is 10.6 Å². The second-order valence-corrected chi connectivity index (χ2v) is 3.48. The Morgan fingerprint density at radius 1 is 1.79 bits per heavy atom. The van der Waals surface area contributed by atoms with E-state index in [9.17, 15) is 4.79 Å². The van der Waals surface area contributed by atoms with E-state index in [1.807, 2.05) is 0 Å². The van der Waals surface area contributed by atoms with E-state index in [1.54, 1.807) is 24.0 Å². The molecule has 1 aliphatic rings. The van der Waals surface area contributed by atoms with Crippen LogP contribution >= 0.6 is 0 Å². The first-order valence-corrected chi connectivity index (χ1v) is 4.79. The second-order valence-electron chi connectivity index (χ2n) is 3.48. The van der Waals surface area contributed by atoms with Crippen molar-refractivity contribution in [2.45, 2.75) is 18.9 Å². The zero-order valence-corrected chi connectivity index (χ0v) is 8.16. The molecule has 1 atom stereocenters. The van der Waals surface area contributed by atoms with Crippen LogP contribution in [0, 0.1) is 0 Å². The molecular formula is C9H14N4O. The highest BCUT2D eigenvalue weighted by Gasteiger charge is 2.22. The maximum atomic E-state index is 11.7. The number of amides is 1. The average molecular weight is 194 g/mol. The van der Waals surface area contributed by atoms with Crippen molar-refractivity contribution in [3.8, 4) is 0 Å². The predicted octanol–water partition coefficient (Wildman–Crippen LogP) is 0.111. The Morgan fingerprint density at radius 2 is 2.64 bits per heavy atom. The molecule has 1 saturated heterocycles. The minimum Gasteiger partial charge on any atom is -0.310 e. The highest BCUT2D eigenvalue weighted by molar-refractivity contribution is 5.94. The van der Waals surface area contributed by atoms with Gasteiger partial charge in [0.15, 0.2) is 0 Å². The van der Waals surface area contributed by atoms with E-state index in [4.69, 9.17) is 0 Å². The lowest BCUT2D eigenvalue weighted by Gasteiger charge is -2.10. The van der Waals surface area contributed by atoms with Crippen molar-refractivity contribution in [3.05, 3.63) is 12.3 Å². The van der Waals surface area contributed by atoms with Crippen LogP contribution in [0.3, 0.4) is 0 Å². The van der Waals surface area contributed by atoms with Crippen LogP contribution in [-0.2, 0) is 11.8 Å². The zero-order valence-electron chi connectivity index (χ0n) is 8.16. The molecule has 0 unspecified atom stereocenters. The van der Waals surface area contributed by atoms with Gasteiger partial charge in [-0.25, -0.2) is 0 Å². The number of aryl methyl sites for hydroxylation is 1. The van der Waals surface area contributed by atoms with E-state index in [0.717, 1.165) is 25.2 Å². The number of rotatable bonds is 2. The van der Waals surface area contributed by atoms with E-state index in [2.05, 4.69) is 15.7 Å². The smallest absolute Gasteiger partial charge is 0.242 e. The molecule has 2 N–H and O–H groups in total. The second kappa shape index (κ2) is 3.79. The summed E-state index contributed by atoms with van der Waals surface area (Å²) in [5, 5.41) is 9.96. The fourth-order valence-corrected chi connectivity index (χ4v) is 1.62. The Bertz CT molecular complexity index is 327. The first-order valence-electron chi connectivity index (χ1n) is 4.79. The molecule has 76 valence electrons. The Kier molecular flexibility index (Phi) is 2.49. The van der Waals surface area contributed by atoms with Gasteiger partial charge in [-0.2, -0.15) is 5.10 Å². The van der Waals surface area contributed by atoms with E-state index < -0.39 is 0 Å². The molecule has 2 heterocycles. The van der Waals surface area contributed by atoms with Gasteiger partial charge in [0, 0.05) is 13.1 Å². The fraction of sp³-hybridized carbons (Fsp3) is 0.556. The van der Waals surface area contributed by atoms with Crippen LogP contribution in [0.2, 0.25) is 0 Å². The van der Waals surface area contributed by atoms with E-state index in [0.29, 0.717) is 0 Å². The van der Waals surface area contributed by atoms with Crippen molar-refractivity contribution in [1.29, 1.82) is 0 Å². The van der Waals surface area contributed by atoms with Gasteiger partial charge in [0.2, 0.25) is 5.91 Å². The van der Waals surface area contributed by atoms with Crippen LogP contribution in [0.25, 0.3) is 0 Å². The lowest BCUT2D eigenvalue weighted by molar-refractivity contribution is -0.117. The van der Waals surface area contributed by atoms with Gasteiger partial charge in [-0.05, 0) is 19.4 Å². The van der Waals surface area contributed by atoms with E-state index in [1.165, 1.54) is 0 Å². The number of nitrogens with zero attached hydrogens (tertiary/aromatic N) is 2. The highest BCUT2D eigenvalue weighted by atomic mass is 16.2. The summed E-state index contributed by atoms with van der Waals surface area (Å²) in [6.45, 7) is 0.934. The van der Waals surface area contributed by atoms with Gasteiger partial charge in [-0.3, -0.25) is 9.48 Å². The van der Waals surface area contributed by atoms with Crippen molar-refractivity contribution in [2.24, 2.45) is 7.05 Å². The lowest BCUT2D eigenvalue weighted by Crippen LogP contribution is -2.35. The summed E-state index contributed by atoms with van der Waals surface area (Å²) in [5.41, 5.74) is 0. The standard InChI is InChI=1S/C9H14N4O/c1-13-8(4-6-11-13)12-9(14)7-3-2-5-10-7/h4,6-7,10H,2-3,5H2,1H3,(H,12,14)/t7-/m0/s1. The molecule has 5 heteroatoms. The summed E-state index contributed by atoms with van der Waals surface area (Å²) in [7, 11) is 1.80. The third kappa shape index (κ3) is 1.77. The Hall–Kier alpha value is -1.36. The van der Waals surface area contributed by atoms with Gasteiger partial charge in [0.05, 0.1) is 12.2 Å². The van der Waals surface area contributed by atoms with Crippen molar-refractivity contribution < 1.29 is 4.79 Å². The summed E-state index contributed by atoms with van der Waals surface area (Å²) in [6, 6.07) is 1.75. The number of hydrogen-bond donors (Lipinski definition) is 2. The molecule has 5 nitrogen and oxygen atoms in total. The third-order valence-corrected chi connectivity index (χ3v) is 2.45. The molecule has 2 rings (SSSR count). The van der Waals surface area contributed by atoms with Crippen LogP contribution in [0.1, 0.15) is 12.8 Å². The van der Waals surface area contributed by atoms with E-state index >= 15 is 0 Å². The van der Waals surface area contributed by atoms with E-state index in [-0.39, 0.29) is 11.9 Å². The van der Waals surface area contributed by atoms with Gasteiger partial charge in [-0.15, -0.1) is 0 Å². The zero-order chi connectivity index (χ0) is 9.97. The molecule has 0 aromatic carbocycles. The van der Waals surface area contributed by atoms with Crippen LogP contribution in [0.15, 0.2) is 12.3 Å². The van der Waals surface area contributed by atoms with Crippen molar-refractivity contribution in [2.75, 3.05) is 11.9 Å². The molecule has 0 radical (unpaired) electrons. The van der Waals surface area contributed by atoms with Gasteiger partial charge in [0.25, 0.3) is 0 Å². The molecule has 0 spiro atoms. The summed E-state index contributed by atoms with van der Waals surface area (Å²) in [5.74, 6) is 0.773. The number of hydrogen-bond acceptors (Lipinski definition) is 3. The molecule has 1 aromatic heterocycles. The van der Waals surface area contributed by atoms with Crippen molar-refractivity contribution in [1.82, 2.24) is 15.1 Å². The number of nitrogens with one attached hydrogen (secondary N) is 2. The normalized spacial score (nSPS) is 21.1. The summed E-state index contributed by atoms with van der Waals surface area (Å²) < 4.78 is 1.65. The maximum Gasteiger partial charge on any atom is 0.242 e. The molecule has 0 bridgehead atoms. The molecule has 1 aliphatic heterocycles. The molecule has 1 amide bonds. The maximum absolute atomic E-state index is 11.7. The highest BCUT2D eigenvalue weighted by Crippen LogP contribution is 2.09. The number of carbonyl (C=O) groups is 1. The van der Waals surface area contributed by atoms with Crippen LogP contribution in [0.4, 0.5) is 5.82 Å². The molecular weight excluding hydrogens is 180 g/mol. The molecule has 0 saturated carbocycles. The number of carbonyl (C=O) groups excluding carboxylic acids is 1. The first kappa shape index (κ1) is 9.21. The number of aromatic nitrogens is 2. The summed E-state index contributed by atoms with van der Waals surface area (Å²) in [4.78, 5) is 11.7. The van der Waals surface area contributed by atoms with Crippen molar-refractivity contribution >= 4 is 11.7 Å². The van der Waals surface area contributed by atoms with Crippen LogP contribution in [-0.4, -0.2) is 28.3 Å². The number of anilines is 1. The quantitative estimate of drug-likeness (QED) is 0.702. The fourth-order valence-electron chi connectivity index (χ4n) is 1.62. The minimum atomic E-state index is -0.0371. The Labute approximate surface area is 82.5 Å². The molecule has 0 aliphatic carbocycles. The van der Waals surface area contributed by atoms with Gasteiger partial charge >= 0.3 is 0 Å². The molecule has 1 fully saturated rings. The first-order chi connectivity index (χ1) is 6.77. The third-order valence-electron chi connectivity index (χ3n) is 2.45. The Morgan fingerprint density at radius 3 is 3.21 bits per heavy atom. The largest absolute Gasteiger partial charge is 0.310 e. The van der Waals surface area contributed by atoms with Gasteiger partial charge < -0.3 is 10.6 Å². The minimum absolute atomic E-state index is 0.0334. The van der Waals surface area contributed by atoms with Crippen molar-refractivity contribution in [3.63, 3.8) is 0 Å². The topological polar surface area (TPSA) is 59.0 Å². The van der Waals surface area contributed by atoms with Crippen LogP contribution in [0.5, 0.6) is 0 Å². The summed E-state index contributed by atoms with van der Waals surface area (Å²) in [6.07, 6.45) is 3.66. The molecule has 14 heavy (non-hydrogen) atoms. The Balaban J connectivity index is 1.97. The average Bonchev–Trinajstić information content (AvgIpc) is 2.77. The van der Waals surface area contributed by atoms with Gasteiger partial charge in [-0.1, -0.05) is 0 Å². The summed E-state index contributed by atoms with van der Waals surface area (Å²) >= 11 is 0. The SMILES string of the molecule is Cn1nccc1NC(=O)[C@@H]1CCCN1. The lowest BCUT2D eigenvalue weighted by atomic mass is 10.2. The van der Waals surface area contributed by atoms with Gasteiger partial charge in [0.1, 0.15) is 5.82 Å². The monoisotopic (exact) mass is 194 g/mol.